The van der Waals surface area contributed by atoms with E-state index in [4.69, 9.17) is 4.74 Å². The number of hydrogen-bond acceptors (Lipinski definition) is 2. The van der Waals surface area contributed by atoms with Crippen LogP contribution in [0.1, 0.15) is 26.3 Å². The summed E-state index contributed by atoms with van der Waals surface area (Å²) >= 11 is 3.60. The molecule has 0 N–H and O–H groups in total. The Kier molecular flexibility index (Phi) is 5.85. The predicted molar refractivity (Wildman–Crippen MR) is 71.9 cm³/mol. The molecule has 0 heterocycles. The topological polar surface area (TPSA) is 12.5 Å². The molecule has 0 bridgehead atoms. The molecule has 0 radical (unpaired) electrons. The van der Waals surface area contributed by atoms with E-state index in [0.29, 0.717) is 6.61 Å². The van der Waals surface area contributed by atoms with E-state index in [1.807, 2.05) is 19.1 Å². The Morgan fingerprint density at radius 2 is 1.88 bits per heavy atom. The highest BCUT2D eigenvalue weighted by atomic mass is 79.9. The third-order valence-corrected chi connectivity index (χ3v) is 3.39. The summed E-state index contributed by atoms with van der Waals surface area (Å²) in [7, 11) is 0. The van der Waals surface area contributed by atoms with Crippen LogP contribution in [0.4, 0.5) is 0 Å². The van der Waals surface area contributed by atoms with Crippen molar-refractivity contribution < 1.29 is 4.74 Å². The first-order valence-corrected chi connectivity index (χ1v) is 6.64. The van der Waals surface area contributed by atoms with Crippen LogP contribution in [0.3, 0.4) is 0 Å². The highest BCUT2D eigenvalue weighted by molar-refractivity contribution is 9.10. The van der Waals surface area contributed by atoms with Gasteiger partial charge in [0.2, 0.25) is 0 Å². The minimum Gasteiger partial charge on any atom is -0.494 e. The van der Waals surface area contributed by atoms with Crippen molar-refractivity contribution >= 4 is 15.9 Å². The zero-order valence-electron chi connectivity index (χ0n) is 10.3. The molecule has 0 unspecified atom stereocenters. The van der Waals surface area contributed by atoms with Crippen molar-refractivity contribution in [1.29, 1.82) is 0 Å². The molecular weight excluding hydrogens is 266 g/mol. The summed E-state index contributed by atoms with van der Waals surface area (Å²) in [4.78, 5) is 2.38. The molecule has 1 aromatic carbocycles. The van der Waals surface area contributed by atoms with E-state index in [1.165, 1.54) is 5.56 Å². The van der Waals surface area contributed by atoms with Gasteiger partial charge in [-0.3, -0.25) is 4.90 Å². The quantitative estimate of drug-likeness (QED) is 0.790. The van der Waals surface area contributed by atoms with Gasteiger partial charge in [0, 0.05) is 16.6 Å². The average molecular weight is 286 g/mol. The van der Waals surface area contributed by atoms with E-state index in [1.54, 1.807) is 0 Å². The van der Waals surface area contributed by atoms with Gasteiger partial charge in [0.15, 0.2) is 0 Å². The maximum Gasteiger partial charge on any atom is 0.124 e. The van der Waals surface area contributed by atoms with Crippen molar-refractivity contribution in [3.63, 3.8) is 0 Å². The van der Waals surface area contributed by atoms with E-state index in [2.05, 4.69) is 40.7 Å². The van der Waals surface area contributed by atoms with Crippen LogP contribution in [0.25, 0.3) is 0 Å². The summed E-state index contributed by atoms with van der Waals surface area (Å²) in [5.74, 6) is 0.990. The summed E-state index contributed by atoms with van der Waals surface area (Å²) < 4.78 is 6.78. The van der Waals surface area contributed by atoms with Crippen LogP contribution in [0.5, 0.6) is 5.75 Å². The average Bonchev–Trinajstić information content (AvgIpc) is 2.29. The maximum absolute atomic E-state index is 5.65. The highest BCUT2D eigenvalue weighted by Crippen LogP contribution is 2.28. The molecule has 0 aliphatic carbocycles. The van der Waals surface area contributed by atoms with Gasteiger partial charge in [-0.25, -0.2) is 0 Å². The first-order chi connectivity index (χ1) is 7.72. The van der Waals surface area contributed by atoms with Crippen molar-refractivity contribution in [3.05, 3.63) is 28.2 Å². The smallest absolute Gasteiger partial charge is 0.124 e. The molecule has 0 saturated carbocycles. The van der Waals surface area contributed by atoms with E-state index < -0.39 is 0 Å². The van der Waals surface area contributed by atoms with Crippen LogP contribution in [0.2, 0.25) is 0 Å². The molecule has 0 fully saturated rings. The van der Waals surface area contributed by atoms with Crippen molar-refractivity contribution in [2.75, 3.05) is 19.7 Å². The molecule has 0 amide bonds. The number of rotatable bonds is 6. The molecule has 0 aliphatic rings. The molecule has 0 atom stereocenters. The molecule has 0 spiro atoms. The minimum absolute atomic E-state index is 0.710. The van der Waals surface area contributed by atoms with Crippen LogP contribution in [0, 0.1) is 0 Å². The van der Waals surface area contributed by atoms with Gasteiger partial charge in [-0.2, -0.15) is 0 Å². The zero-order valence-corrected chi connectivity index (χ0v) is 11.9. The molecule has 2 nitrogen and oxygen atoms in total. The molecule has 0 aromatic heterocycles. The molecule has 90 valence electrons. The van der Waals surface area contributed by atoms with Crippen molar-refractivity contribution in [1.82, 2.24) is 4.90 Å². The van der Waals surface area contributed by atoms with Gasteiger partial charge in [-0.05, 0) is 32.1 Å². The second-order valence-corrected chi connectivity index (χ2v) is 4.47. The van der Waals surface area contributed by atoms with Crippen LogP contribution in [-0.4, -0.2) is 24.6 Å². The van der Waals surface area contributed by atoms with Gasteiger partial charge in [0.1, 0.15) is 5.75 Å². The molecule has 0 saturated heterocycles. The molecule has 1 rings (SSSR count). The van der Waals surface area contributed by atoms with Crippen molar-refractivity contribution in [3.8, 4) is 5.75 Å². The van der Waals surface area contributed by atoms with Crippen LogP contribution >= 0.6 is 15.9 Å². The van der Waals surface area contributed by atoms with Crippen LogP contribution in [-0.2, 0) is 6.54 Å². The lowest BCUT2D eigenvalue weighted by Gasteiger charge is -2.21. The number of nitrogens with zero attached hydrogens (tertiary/aromatic N) is 1. The molecular formula is C13H20BrNO. The highest BCUT2D eigenvalue weighted by Gasteiger charge is 2.10. The van der Waals surface area contributed by atoms with Crippen molar-refractivity contribution in [2.24, 2.45) is 0 Å². The van der Waals surface area contributed by atoms with Crippen LogP contribution < -0.4 is 4.74 Å². The van der Waals surface area contributed by atoms with Crippen molar-refractivity contribution in [2.45, 2.75) is 27.3 Å². The Bertz CT molecular complexity index is 324. The number of hydrogen-bond donors (Lipinski definition) is 0. The first kappa shape index (κ1) is 13.5. The molecule has 1 aromatic rings. The Labute approximate surface area is 107 Å². The van der Waals surface area contributed by atoms with E-state index in [0.717, 1.165) is 29.9 Å². The van der Waals surface area contributed by atoms with Crippen LogP contribution in [0.15, 0.2) is 22.7 Å². The molecule has 3 heteroatoms. The second-order valence-electron chi connectivity index (χ2n) is 3.61. The largest absolute Gasteiger partial charge is 0.494 e. The number of halogens is 1. The third kappa shape index (κ3) is 3.49. The lowest BCUT2D eigenvalue weighted by molar-refractivity contribution is 0.281. The molecule has 0 aliphatic heterocycles. The van der Waals surface area contributed by atoms with Gasteiger partial charge in [0.25, 0.3) is 0 Å². The maximum atomic E-state index is 5.65. The lowest BCUT2D eigenvalue weighted by atomic mass is 10.2. The summed E-state index contributed by atoms with van der Waals surface area (Å²) in [6, 6.07) is 6.12. The summed E-state index contributed by atoms with van der Waals surface area (Å²) in [6.07, 6.45) is 0. The Balaban J connectivity index is 2.91. The minimum atomic E-state index is 0.710. The van der Waals surface area contributed by atoms with Gasteiger partial charge in [0.05, 0.1) is 6.61 Å². The summed E-state index contributed by atoms with van der Waals surface area (Å²) in [5, 5.41) is 0. The number of ether oxygens (including phenoxy) is 1. The van der Waals surface area contributed by atoms with E-state index in [9.17, 15) is 0 Å². The standard InChI is InChI=1S/C13H20BrNO/c1-4-15(5-2)10-11-12(14)8-7-9-13(11)16-6-3/h7-9H,4-6,10H2,1-3H3. The Morgan fingerprint density at radius 3 is 2.44 bits per heavy atom. The first-order valence-electron chi connectivity index (χ1n) is 5.85. The Morgan fingerprint density at radius 1 is 1.19 bits per heavy atom. The van der Waals surface area contributed by atoms with E-state index >= 15 is 0 Å². The molecule has 16 heavy (non-hydrogen) atoms. The fourth-order valence-corrected chi connectivity index (χ4v) is 2.13. The second kappa shape index (κ2) is 6.92. The third-order valence-electron chi connectivity index (χ3n) is 2.65. The van der Waals surface area contributed by atoms with Gasteiger partial charge in [-0.1, -0.05) is 35.8 Å². The zero-order chi connectivity index (χ0) is 12.0. The summed E-state index contributed by atoms with van der Waals surface area (Å²) in [6.45, 7) is 10.1. The number of benzene rings is 1. The predicted octanol–water partition coefficient (Wildman–Crippen LogP) is 3.69. The fourth-order valence-electron chi connectivity index (χ4n) is 1.65. The van der Waals surface area contributed by atoms with Gasteiger partial charge < -0.3 is 4.74 Å². The van der Waals surface area contributed by atoms with Gasteiger partial charge >= 0.3 is 0 Å². The van der Waals surface area contributed by atoms with Gasteiger partial charge in [-0.15, -0.1) is 0 Å². The Hall–Kier alpha value is -0.540. The fraction of sp³-hybridized carbons (Fsp3) is 0.538. The van der Waals surface area contributed by atoms with E-state index in [-0.39, 0.29) is 0 Å². The lowest BCUT2D eigenvalue weighted by Crippen LogP contribution is -2.22. The summed E-state index contributed by atoms with van der Waals surface area (Å²) in [5.41, 5.74) is 1.24. The SMILES string of the molecule is CCOc1cccc(Br)c1CN(CC)CC. The normalized spacial score (nSPS) is 10.8. The monoisotopic (exact) mass is 285 g/mol.